The Morgan fingerprint density at radius 2 is 1.59 bits per heavy atom. The van der Waals surface area contributed by atoms with Crippen molar-refractivity contribution < 1.29 is 0 Å². The second-order valence-electron chi connectivity index (χ2n) is 6.16. The maximum absolute atomic E-state index is 3.27. The van der Waals surface area contributed by atoms with Gasteiger partial charge in [-0.15, -0.1) is 0 Å². The van der Waals surface area contributed by atoms with Crippen molar-refractivity contribution in [2.45, 2.75) is 78.1 Å². The number of H-pyrrole nitrogens is 1. The zero-order valence-corrected chi connectivity index (χ0v) is 12.1. The van der Waals surface area contributed by atoms with Crippen LogP contribution in [0, 0.1) is 0 Å². The Morgan fingerprint density at radius 3 is 2.24 bits per heavy atom. The Labute approximate surface area is 107 Å². The molecule has 0 aliphatic heterocycles. The molecule has 1 rings (SSSR count). The molecule has 1 N–H and O–H groups in total. The fourth-order valence-electron chi connectivity index (χ4n) is 2.40. The highest BCUT2D eigenvalue weighted by Crippen LogP contribution is 2.26. The van der Waals surface area contributed by atoms with E-state index >= 15 is 0 Å². The number of nitrogens with one attached hydrogen (secondary N) is 1. The number of hydrogen-bond acceptors (Lipinski definition) is 0. The monoisotopic (exact) mass is 235 g/mol. The average molecular weight is 235 g/mol. The van der Waals surface area contributed by atoms with E-state index in [0.717, 1.165) is 0 Å². The minimum Gasteiger partial charge on any atom is -0.367 e. The van der Waals surface area contributed by atoms with Gasteiger partial charge in [0.1, 0.15) is 0 Å². The van der Waals surface area contributed by atoms with Gasteiger partial charge < -0.3 is 4.98 Å². The van der Waals surface area contributed by atoms with Crippen LogP contribution < -0.4 is 0 Å². The number of aryl methyl sites for hydroxylation is 1. The topological polar surface area (TPSA) is 15.8 Å². The van der Waals surface area contributed by atoms with Crippen molar-refractivity contribution in [3.63, 3.8) is 0 Å². The first-order chi connectivity index (χ1) is 8.05. The van der Waals surface area contributed by atoms with E-state index < -0.39 is 0 Å². The predicted octanol–water partition coefficient (Wildman–Crippen LogP) is 5.22. The van der Waals surface area contributed by atoms with Crippen molar-refractivity contribution in [3.8, 4) is 0 Å². The van der Waals surface area contributed by atoms with Crippen LogP contribution in [-0.4, -0.2) is 4.98 Å². The summed E-state index contributed by atoms with van der Waals surface area (Å²) in [6.45, 7) is 9.15. The van der Waals surface area contributed by atoms with Gasteiger partial charge in [-0.3, -0.25) is 0 Å². The molecule has 0 aliphatic carbocycles. The summed E-state index contributed by atoms with van der Waals surface area (Å²) in [6, 6.07) is 0. The summed E-state index contributed by atoms with van der Waals surface area (Å²) >= 11 is 0. The zero-order chi connectivity index (χ0) is 12.7. The van der Waals surface area contributed by atoms with Crippen molar-refractivity contribution in [2.24, 2.45) is 0 Å². The van der Waals surface area contributed by atoms with E-state index in [9.17, 15) is 0 Å². The average Bonchev–Trinajstić information content (AvgIpc) is 2.71. The van der Waals surface area contributed by atoms with E-state index in [-0.39, 0.29) is 5.41 Å². The lowest BCUT2D eigenvalue weighted by Crippen LogP contribution is -2.12. The number of rotatable bonds is 7. The molecule has 98 valence electrons. The molecule has 0 fully saturated rings. The Morgan fingerprint density at radius 1 is 0.941 bits per heavy atom. The standard InChI is InChI=1S/C16H29N/c1-5-6-7-8-9-10-11-14-12-17-13-15(14)16(2,3)4/h12-13,17H,5-11H2,1-4H3. The van der Waals surface area contributed by atoms with Crippen LogP contribution in [0.25, 0.3) is 0 Å². The molecule has 0 spiro atoms. The van der Waals surface area contributed by atoms with Crippen LogP contribution in [0.2, 0.25) is 0 Å². The van der Waals surface area contributed by atoms with Crippen LogP contribution in [0.4, 0.5) is 0 Å². The first-order valence-corrected chi connectivity index (χ1v) is 7.22. The van der Waals surface area contributed by atoms with Crippen LogP contribution in [0.5, 0.6) is 0 Å². The minimum atomic E-state index is 0.275. The molecule has 0 aliphatic rings. The predicted molar refractivity (Wildman–Crippen MR) is 76.6 cm³/mol. The van der Waals surface area contributed by atoms with Crippen molar-refractivity contribution in [1.82, 2.24) is 4.98 Å². The van der Waals surface area contributed by atoms with Gasteiger partial charge in [0.05, 0.1) is 0 Å². The van der Waals surface area contributed by atoms with E-state index in [1.165, 1.54) is 56.1 Å². The number of aromatic amines is 1. The SMILES string of the molecule is CCCCCCCCc1c[nH]cc1C(C)(C)C. The molecule has 0 saturated heterocycles. The van der Waals surface area contributed by atoms with E-state index in [1.54, 1.807) is 0 Å². The van der Waals surface area contributed by atoms with Gasteiger partial charge in [0.15, 0.2) is 0 Å². The molecule has 0 bridgehead atoms. The first-order valence-electron chi connectivity index (χ1n) is 7.22. The minimum absolute atomic E-state index is 0.275. The summed E-state index contributed by atoms with van der Waals surface area (Å²) in [6.07, 6.45) is 13.9. The summed E-state index contributed by atoms with van der Waals surface area (Å²) in [5.74, 6) is 0. The Bertz CT molecular complexity index is 304. The fourth-order valence-corrected chi connectivity index (χ4v) is 2.40. The third-order valence-corrected chi connectivity index (χ3v) is 3.44. The van der Waals surface area contributed by atoms with Crippen molar-refractivity contribution in [2.75, 3.05) is 0 Å². The van der Waals surface area contributed by atoms with Crippen molar-refractivity contribution >= 4 is 0 Å². The second kappa shape index (κ2) is 6.88. The molecule has 1 aromatic heterocycles. The summed E-state index contributed by atoms with van der Waals surface area (Å²) in [4.78, 5) is 3.27. The van der Waals surface area contributed by atoms with Crippen LogP contribution in [-0.2, 0) is 11.8 Å². The molecule has 0 unspecified atom stereocenters. The lowest BCUT2D eigenvalue weighted by molar-refractivity contribution is 0.574. The summed E-state index contributed by atoms with van der Waals surface area (Å²) in [7, 11) is 0. The van der Waals surface area contributed by atoms with Crippen LogP contribution >= 0.6 is 0 Å². The Balaban J connectivity index is 2.30. The zero-order valence-electron chi connectivity index (χ0n) is 12.1. The van der Waals surface area contributed by atoms with Crippen LogP contribution in [0.3, 0.4) is 0 Å². The molecule has 0 aromatic carbocycles. The number of aromatic nitrogens is 1. The molecule has 0 saturated carbocycles. The quantitative estimate of drug-likeness (QED) is 0.624. The van der Waals surface area contributed by atoms with E-state index in [4.69, 9.17) is 0 Å². The van der Waals surface area contributed by atoms with Gasteiger partial charge >= 0.3 is 0 Å². The van der Waals surface area contributed by atoms with E-state index in [0.29, 0.717) is 0 Å². The maximum atomic E-state index is 3.27. The molecule has 1 heteroatoms. The number of unbranched alkanes of at least 4 members (excludes halogenated alkanes) is 5. The summed E-state index contributed by atoms with van der Waals surface area (Å²) in [5.41, 5.74) is 3.29. The third kappa shape index (κ3) is 4.97. The normalized spacial score (nSPS) is 12.0. The molecule has 0 radical (unpaired) electrons. The van der Waals surface area contributed by atoms with Gasteiger partial charge in [-0.25, -0.2) is 0 Å². The number of hydrogen-bond donors (Lipinski definition) is 1. The molecule has 17 heavy (non-hydrogen) atoms. The Kier molecular flexibility index (Phi) is 5.80. The maximum Gasteiger partial charge on any atom is 0.00455 e. The molecule has 1 heterocycles. The third-order valence-electron chi connectivity index (χ3n) is 3.44. The van der Waals surface area contributed by atoms with E-state index in [2.05, 4.69) is 45.1 Å². The molecule has 0 amide bonds. The largest absolute Gasteiger partial charge is 0.367 e. The summed E-state index contributed by atoms with van der Waals surface area (Å²) in [5, 5.41) is 0. The van der Waals surface area contributed by atoms with Gasteiger partial charge in [-0.1, -0.05) is 59.8 Å². The molecule has 1 nitrogen and oxygen atoms in total. The highest BCUT2D eigenvalue weighted by Gasteiger charge is 2.17. The first kappa shape index (κ1) is 14.3. The molecular weight excluding hydrogens is 206 g/mol. The second-order valence-corrected chi connectivity index (χ2v) is 6.16. The van der Waals surface area contributed by atoms with Gasteiger partial charge in [-0.05, 0) is 29.4 Å². The smallest absolute Gasteiger partial charge is 0.00455 e. The van der Waals surface area contributed by atoms with E-state index in [1.807, 2.05) is 0 Å². The van der Waals surface area contributed by atoms with Gasteiger partial charge in [0.25, 0.3) is 0 Å². The van der Waals surface area contributed by atoms with Crippen LogP contribution in [0.15, 0.2) is 12.4 Å². The summed E-state index contributed by atoms with van der Waals surface area (Å²) < 4.78 is 0. The lowest BCUT2D eigenvalue weighted by Gasteiger charge is -2.19. The highest BCUT2D eigenvalue weighted by atomic mass is 14.6. The van der Waals surface area contributed by atoms with Crippen molar-refractivity contribution in [1.29, 1.82) is 0 Å². The highest BCUT2D eigenvalue weighted by molar-refractivity contribution is 5.29. The molecule has 1 aromatic rings. The van der Waals surface area contributed by atoms with Crippen LogP contribution in [0.1, 0.15) is 77.3 Å². The van der Waals surface area contributed by atoms with Gasteiger partial charge in [-0.2, -0.15) is 0 Å². The molecular formula is C16H29N. The Hall–Kier alpha value is -0.720. The van der Waals surface area contributed by atoms with Gasteiger partial charge in [0.2, 0.25) is 0 Å². The van der Waals surface area contributed by atoms with Crippen molar-refractivity contribution in [3.05, 3.63) is 23.5 Å². The van der Waals surface area contributed by atoms with Gasteiger partial charge in [0, 0.05) is 12.4 Å². The fraction of sp³-hybridized carbons (Fsp3) is 0.750. The lowest BCUT2D eigenvalue weighted by atomic mass is 9.85. The molecule has 0 atom stereocenters.